The number of amides is 2. The summed E-state index contributed by atoms with van der Waals surface area (Å²) >= 11 is 3.12. The lowest BCUT2D eigenvalue weighted by atomic mass is 9.97. The van der Waals surface area contributed by atoms with Gasteiger partial charge in [-0.3, -0.25) is 9.59 Å². The molecule has 3 heterocycles. The van der Waals surface area contributed by atoms with Crippen LogP contribution in [0, 0.1) is 12.8 Å². The zero-order chi connectivity index (χ0) is 22.9. The highest BCUT2D eigenvalue weighted by atomic mass is 32.2. The number of carbonyl (C=O) groups excluding carboxylic acids is 2. The molecule has 172 valence electrons. The summed E-state index contributed by atoms with van der Waals surface area (Å²) in [7, 11) is -3.68. The molecule has 2 aliphatic rings. The topological polar surface area (TPSA) is 95.6 Å². The number of nitrogens with one attached hydrogen (secondary N) is 2. The Morgan fingerprint density at radius 1 is 1.25 bits per heavy atom. The van der Waals surface area contributed by atoms with E-state index in [2.05, 4.69) is 29.0 Å². The van der Waals surface area contributed by atoms with Crippen LogP contribution in [0.3, 0.4) is 0 Å². The van der Waals surface area contributed by atoms with Gasteiger partial charge in [0, 0.05) is 35.3 Å². The number of benzene rings is 1. The van der Waals surface area contributed by atoms with Gasteiger partial charge >= 0.3 is 0 Å². The lowest BCUT2D eigenvalue weighted by Crippen LogP contribution is -2.43. The molecule has 32 heavy (non-hydrogen) atoms. The number of thioether (sulfide) groups is 1. The van der Waals surface area contributed by atoms with Gasteiger partial charge in [-0.1, -0.05) is 0 Å². The molecule has 1 atom stereocenters. The zero-order valence-corrected chi connectivity index (χ0v) is 20.5. The first kappa shape index (κ1) is 23.3. The molecule has 2 N–H and O–H groups in total. The number of thiophene rings is 1. The van der Waals surface area contributed by atoms with Gasteiger partial charge in [-0.05, 0) is 68.3 Å². The summed E-state index contributed by atoms with van der Waals surface area (Å²) in [5.74, 6) is -0.302. The fourth-order valence-corrected chi connectivity index (χ4v) is 7.30. The molecule has 2 aromatic rings. The van der Waals surface area contributed by atoms with Crippen LogP contribution in [-0.4, -0.2) is 49.4 Å². The smallest absolute Gasteiger partial charge is 0.243 e. The van der Waals surface area contributed by atoms with E-state index in [0.717, 1.165) is 11.3 Å². The van der Waals surface area contributed by atoms with Crippen molar-refractivity contribution in [1.29, 1.82) is 0 Å². The van der Waals surface area contributed by atoms with Crippen LogP contribution in [-0.2, 0) is 26.0 Å². The normalized spacial score (nSPS) is 19.9. The number of nitrogens with zero attached hydrogens (tertiary/aromatic N) is 1. The van der Waals surface area contributed by atoms with Crippen molar-refractivity contribution in [2.75, 3.05) is 25.0 Å². The minimum absolute atomic E-state index is 0.00102. The number of rotatable bonds is 6. The predicted molar refractivity (Wildman–Crippen MR) is 128 cm³/mol. The summed E-state index contributed by atoms with van der Waals surface area (Å²) in [5, 5.41) is 7.64. The number of anilines is 1. The second-order valence-electron chi connectivity index (χ2n) is 8.15. The summed E-state index contributed by atoms with van der Waals surface area (Å²) in [6.45, 7) is 5.09. The third-order valence-corrected chi connectivity index (χ3v) is 10.1. The van der Waals surface area contributed by atoms with Crippen LogP contribution in [0.15, 0.2) is 39.4 Å². The van der Waals surface area contributed by atoms with Crippen molar-refractivity contribution >= 4 is 50.6 Å². The van der Waals surface area contributed by atoms with Gasteiger partial charge in [-0.2, -0.15) is 4.31 Å². The minimum Gasteiger partial charge on any atom is -0.355 e. The van der Waals surface area contributed by atoms with E-state index in [-0.39, 0.29) is 27.9 Å². The summed E-state index contributed by atoms with van der Waals surface area (Å²) in [5.41, 5.74) is 1.78. The molecular formula is C22H27N3O4S3. The molecule has 1 aromatic heterocycles. The molecule has 4 rings (SSSR count). The summed E-state index contributed by atoms with van der Waals surface area (Å²) < 4.78 is 27.7. The molecule has 0 bridgehead atoms. The van der Waals surface area contributed by atoms with Crippen LogP contribution in [0.25, 0.3) is 0 Å². The van der Waals surface area contributed by atoms with Crippen molar-refractivity contribution in [2.24, 2.45) is 5.92 Å². The first-order chi connectivity index (χ1) is 15.3. The summed E-state index contributed by atoms with van der Waals surface area (Å²) in [6.07, 6.45) is 1.81. The van der Waals surface area contributed by atoms with Crippen LogP contribution in [0.2, 0.25) is 0 Å². The van der Waals surface area contributed by atoms with E-state index >= 15 is 0 Å². The van der Waals surface area contributed by atoms with Crippen LogP contribution < -0.4 is 10.6 Å². The van der Waals surface area contributed by atoms with Gasteiger partial charge in [-0.15, -0.1) is 23.1 Å². The molecule has 0 spiro atoms. The van der Waals surface area contributed by atoms with Gasteiger partial charge < -0.3 is 10.6 Å². The Morgan fingerprint density at radius 2 is 2.00 bits per heavy atom. The van der Waals surface area contributed by atoms with Gasteiger partial charge in [0.1, 0.15) is 0 Å². The SMILES string of the molecule is Cc1ccsc1CCNC(=O)C1CCN(S(=O)(=O)c2ccc3c(c2)NC(=O)C(C)S3)CC1. The molecule has 0 radical (unpaired) electrons. The maximum atomic E-state index is 13.1. The van der Waals surface area contributed by atoms with E-state index in [4.69, 9.17) is 0 Å². The quantitative estimate of drug-likeness (QED) is 0.644. The van der Waals surface area contributed by atoms with Crippen molar-refractivity contribution in [2.45, 2.75) is 48.2 Å². The van der Waals surface area contributed by atoms with E-state index in [1.807, 2.05) is 6.92 Å². The maximum absolute atomic E-state index is 13.1. The molecule has 7 nitrogen and oxygen atoms in total. The zero-order valence-electron chi connectivity index (χ0n) is 18.1. The Labute approximate surface area is 197 Å². The molecule has 0 aliphatic carbocycles. The standard InChI is InChI=1S/C22H27N3O4S3/c1-14-8-12-30-19(14)5-9-23-22(27)16-6-10-25(11-7-16)32(28,29)17-3-4-20-18(13-17)24-21(26)15(2)31-20/h3-4,8,12-13,15-16H,5-7,9-11H2,1-2H3,(H,23,27)(H,24,26). The lowest BCUT2D eigenvalue weighted by Gasteiger charge is -2.31. The minimum atomic E-state index is -3.68. The van der Waals surface area contributed by atoms with Crippen molar-refractivity contribution in [3.63, 3.8) is 0 Å². The Hall–Kier alpha value is -1.88. The van der Waals surface area contributed by atoms with E-state index < -0.39 is 10.0 Å². The van der Waals surface area contributed by atoms with Crippen molar-refractivity contribution in [3.05, 3.63) is 40.1 Å². The second kappa shape index (κ2) is 9.54. The molecule has 1 fully saturated rings. The molecule has 10 heteroatoms. The van der Waals surface area contributed by atoms with Crippen molar-refractivity contribution in [3.8, 4) is 0 Å². The molecule has 0 saturated carbocycles. The largest absolute Gasteiger partial charge is 0.355 e. The first-order valence-electron chi connectivity index (χ1n) is 10.7. The Kier molecular flexibility index (Phi) is 6.94. The fourth-order valence-electron chi connectivity index (χ4n) is 3.96. The second-order valence-corrected chi connectivity index (χ2v) is 12.5. The van der Waals surface area contributed by atoms with Gasteiger partial charge in [0.25, 0.3) is 0 Å². The van der Waals surface area contributed by atoms with Crippen LogP contribution in [0.1, 0.15) is 30.2 Å². The van der Waals surface area contributed by atoms with Crippen LogP contribution >= 0.6 is 23.1 Å². The average Bonchev–Trinajstić information content (AvgIpc) is 3.19. The van der Waals surface area contributed by atoms with E-state index in [1.165, 1.54) is 32.6 Å². The van der Waals surface area contributed by atoms with E-state index in [9.17, 15) is 18.0 Å². The summed E-state index contributed by atoms with van der Waals surface area (Å²) in [6, 6.07) is 6.95. The third kappa shape index (κ3) is 4.88. The monoisotopic (exact) mass is 493 g/mol. The van der Waals surface area contributed by atoms with Crippen LogP contribution in [0.5, 0.6) is 0 Å². The van der Waals surface area contributed by atoms with Crippen molar-refractivity contribution in [1.82, 2.24) is 9.62 Å². The predicted octanol–water partition coefficient (Wildman–Crippen LogP) is 3.25. The molecular weight excluding hydrogens is 466 g/mol. The van der Waals surface area contributed by atoms with Gasteiger partial charge in [-0.25, -0.2) is 8.42 Å². The van der Waals surface area contributed by atoms with Gasteiger partial charge in [0.15, 0.2) is 0 Å². The van der Waals surface area contributed by atoms with E-state index in [1.54, 1.807) is 23.5 Å². The maximum Gasteiger partial charge on any atom is 0.243 e. The fraction of sp³-hybridized carbons (Fsp3) is 0.455. The third-order valence-electron chi connectivity index (χ3n) is 5.96. The number of sulfonamides is 1. The van der Waals surface area contributed by atoms with Crippen LogP contribution in [0.4, 0.5) is 5.69 Å². The van der Waals surface area contributed by atoms with E-state index in [0.29, 0.717) is 38.2 Å². The molecule has 1 unspecified atom stereocenters. The number of aryl methyl sites for hydroxylation is 1. The molecule has 2 aliphatic heterocycles. The molecule has 1 saturated heterocycles. The number of hydrogen-bond donors (Lipinski definition) is 2. The lowest BCUT2D eigenvalue weighted by molar-refractivity contribution is -0.126. The highest BCUT2D eigenvalue weighted by Crippen LogP contribution is 2.37. The number of hydrogen-bond acceptors (Lipinski definition) is 6. The first-order valence-corrected chi connectivity index (χ1v) is 13.9. The summed E-state index contributed by atoms with van der Waals surface area (Å²) in [4.78, 5) is 26.8. The van der Waals surface area contributed by atoms with Gasteiger partial charge in [0.2, 0.25) is 21.8 Å². The molecule has 2 amide bonds. The molecule has 1 aromatic carbocycles. The Morgan fingerprint density at radius 3 is 2.69 bits per heavy atom. The highest BCUT2D eigenvalue weighted by molar-refractivity contribution is 8.01. The number of piperidine rings is 1. The Bertz CT molecular complexity index is 1120. The highest BCUT2D eigenvalue weighted by Gasteiger charge is 2.33. The van der Waals surface area contributed by atoms with Gasteiger partial charge in [0.05, 0.1) is 15.8 Å². The Balaban J connectivity index is 1.33. The van der Waals surface area contributed by atoms with Crippen molar-refractivity contribution < 1.29 is 18.0 Å². The number of carbonyl (C=O) groups is 2. The average molecular weight is 494 g/mol. The number of fused-ring (bicyclic) bond motifs is 1.